The van der Waals surface area contributed by atoms with Crippen LogP contribution in [0.2, 0.25) is 0 Å². The number of ether oxygens (including phenoxy) is 22. The van der Waals surface area contributed by atoms with Crippen LogP contribution < -0.4 is 10.6 Å². The number of carboxylic acids is 2. The molecule has 8 rings (SSSR count). The number of amides is 2. The van der Waals surface area contributed by atoms with Gasteiger partial charge in [0.05, 0.1) is 147 Å². The number of nitrogens with one attached hydrogen (secondary N) is 2. The van der Waals surface area contributed by atoms with Crippen molar-refractivity contribution in [1.29, 1.82) is 1.43 Å². The molecule has 8 aliphatic heterocycles. The molecule has 8 aliphatic rings. The van der Waals surface area contributed by atoms with Crippen molar-refractivity contribution in [3.05, 3.63) is 0 Å². The van der Waals surface area contributed by atoms with Crippen LogP contribution in [0.4, 0.5) is 0 Å². The molecule has 0 saturated carbocycles. The van der Waals surface area contributed by atoms with Gasteiger partial charge in [-0.2, -0.15) is 0 Å². The summed E-state index contributed by atoms with van der Waals surface area (Å²) in [7, 11) is 7.91. The van der Waals surface area contributed by atoms with Crippen molar-refractivity contribution in [3.63, 3.8) is 0 Å². The number of carbonyl (C=O) groups is 14. The molecule has 0 bridgehead atoms. The Morgan fingerprint density at radius 2 is 0.624 bits per heavy atom. The van der Waals surface area contributed by atoms with Crippen LogP contribution in [0.15, 0.2) is 0 Å². The van der Waals surface area contributed by atoms with Gasteiger partial charge in [-0.25, -0.2) is 28.8 Å². The van der Waals surface area contributed by atoms with E-state index in [2.05, 4.69) is 90.8 Å². The highest BCUT2D eigenvalue weighted by molar-refractivity contribution is 6.64. The second-order valence-electron chi connectivity index (χ2n) is 31.3. The van der Waals surface area contributed by atoms with E-state index in [1.807, 2.05) is 27.7 Å². The van der Waals surface area contributed by atoms with Gasteiger partial charge in [0.25, 0.3) is 17.1 Å². The molecule has 149 heavy (non-hydrogen) atoms. The Balaban J connectivity index is -0.000000138. The number of carbonyl (C=O) groups excluding carboxylic acids is 12. The number of carboxylic acid groups (broad SMARTS) is 2. The average molecular weight is 2210 g/mol. The van der Waals surface area contributed by atoms with Gasteiger partial charge in [-0.1, -0.05) is 0 Å². The first-order chi connectivity index (χ1) is 70.5. The zero-order chi connectivity index (χ0) is 123. The highest BCUT2D eigenvalue weighted by Crippen LogP contribution is 2.28. The number of likely N-dealkylation sites (N-methyl/N-ethyl adjacent to an activating group) is 2. The van der Waals surface area contributed by atoms with Gasteiger partial charge >= 0.3 is 47.8 Å². The van der Waals surface area contributed by atoms with Crippen LogP contribution >= 0.6 is 11.6 Å². The van der Waals surface area contributed by atoms with Crippen molar-refractivity contribution in [3.8, 4) is 51.4 Å². The van der Waals surface area contributed by atoms with E-state index in [1.54, 1.807) is 90.1 Å². The Kier molecular flexibility index (Phi) is 98.2. The molecule has 8 heterocycles. The third-order valence-electron chi connectivity index (χ3n) is 15.2. The zero-order valence-corrected chi connectivity index (χ0v) is 88.7. The molecule has 0 aromatic carbocycles. The lowest BCUT2D eigenvalue weighted by Gasteiger charge is -2.16. The van der Waals surface area contributed by atoms with Crippen molar-refractivity contribution in [2.75, 3.05) is 175 Å². The van der Waals surface area contributed by atoms with Crippen LogP contribution in [0.5, 0.6) is 0 Å². The van der Waals surface area contributed by atoms with E-state index in [-0.39, 0.29) is 109 Å². The summed E-state index contributed by atoms with van der Waals surface area (Å²) in [5, 5.41) is 164. The molecule has 2 amide bonds. The minimum Gasteiger partial charge on any atom is -0.479 e. The summed E-state index contributed by atoms with van der Waals surface area (Å²) in [5.41, 5.74) is 0. The lowest BCUT2D eigenvalue weighted by molar-refractivity contribution is -0.167. The average Bonchev–Trinajstić information content (AvgIpc) is 1.72. The van der Waals surface area contributed by atoms with Crippen LogP contribution in [0.1, 0.15) is 129 Å². The van der Waals surface area contributed by atoms with Crippen LogP contribution in [-0.2, 0) is 171 Å². The topological polar surface area (TPSA) is 871 Å². The number of esters is 6. The second-order valence-corrected chi connectivity index (χ2v) is 31.7. The van der Waals surface area contributed by atoms with Crippen molar-refractivity contribution in [2.45, 2.75) is 269 Å². The van der Waals surface area contributed by atoms with E-state index in [4.69, 9.17) is 195 Å². The molecule has 0 spiro atoms. The van der Waals surface area contributed by atoms with E-state index in [1.165, 1.54) is 35.1 Å². The maximum absolute atomic E-state index is 11.0. The minimum absolute atomic E-state index is 0.0451. The standard InChI is InChI=1S/C8H14O4.C7H13NO3.2C7H12O4.C6H9ClO3.2C6H10O4.C6H12O3.C5H10O4.C4H9NO3.2C4H8O4.C3H8O3.3C3H6O3.4C2H2/c1-6(9)10-4-7-5-11-8(2,3)12-7;1-7(2)10-4-5(11-7)6(9)8-3;2*1-7(2)10-4-5(11-7)6(8)9-3;3*1-6(2)9-3-4(10-6)5(7)8;1-6(2)8-4-5(3-7)9-6;1-4(7)9-3-5(8)2-6;1-5-4(8)3(7)2-6;2*1-8-4(7)3(6)2-5;4*4-1-3(6)2-5;4*1-2/h7H,4-5H2,1-3H3;5H,4H2,1-3H3,(H,8,9);2*5H,4H2,1-3H3;4H,3H2,1-2H3;2*4H,3H2,1-2H3,(H,7,8);5,7H,3-4H2,1-2H3;5-6,8H,2-3H2,1H3;3,6-7H,2H2,1H3,(H,5,8);2*3,5-6H,2H2,1H3;3-6H,1-2H2;3*1,3,5-6H,2H2;4*1-2H/i;;;;;;;;;;;;4D;3*1D;;;;. The smallest absolute Gasteiger partial charge is 0.337 e. The Morgan fingerprint density at radius 1 is 0.362 bits per heavy atom. The number of hydrogen-bond acceptors (Lipinski definition) is 54. The van der Waals surface area contributed by atoms with Crippen molar-refractivity contribution >= 4 is 95.2 Å². The van der Waals surface area contributed by atoms with Gasteiger partial charge in [0, 0.05) is 27.9 Å². The van der Waals surface area contributed by atoms with Crippen LogP contribution in [0.3, 0.4) is 0 Å². The van der Waals surface area contributed by atoms with Gasteiger partial charge < -0.3 is 231 Å². The van der Waals surface area contributed by atoms with E-state index >= 15 is 0 Å². The summed E-state index contributed by atoms with van der Waals surface area (Å²) in [5.74, 6) is -10.8. The second kappa shape index (κ2) is 94.5. The summed E-state index contributed by atoms with van der Waals surface area (Å²) in [6, 6.07) is 0. The highest BCUT2D eigenvalue weighted by atomic mass is 35.5. The summed E-state index contributed by atoms with van der Waals surface area (Å²) in [4.78, 5) is 144. The Hall–Kier alpha value is -9.45. The predicted molar refractivity (Wildman–Crippen MR) is 511 cm³/mol. The molecule has 22 N–H and O–H groups in total. The maximum Gasteiger partial charge on any atom is 0.337 e. The Bertz CT molecular complexity index is 3520. The van der Waals surface area contributed by atoms with Gasteiger partial charge in [-0.05, 0) is 122 Å². The molecule has 59 heteroatoms. The fourth-order valence-electron chi connectivity index (χ4n) is 8.27. The number of terminal acetylenes is 4. The Morgan fingerprint density at radius 3 is 0.765 bits per heavy atom. The summed E-state index contributed by atoms with van der Waals surface area (Å²) in [6.07, 6.45) is 14.1. The fourth-order valence-corrected chi connectivity index (χ4v) is 8.38. The molecule has 0 radical (unpaired) electrons. The molecule has 58 nitrogen and oxygen atoms in total. The van der Waals surface area contributed by atoms with E-state index in [9.17, 15) is 67.1 Å². The van der Waals surface area contributed by atoms with Crippen molar-refractivity contribution < 1.29 is 278 Å². The number of halogens is 1. The third kappa shape index (κ3) is 97.8. The molecule has 0 aliphatic carbocycles. The lowest BCUT2D eigenvalue weighted by atomic mass is 10.3. The van der Waals surface area contributed by atoms with E-state index < -0.39 is 231 Å². The first-order valence-electron chi connectivity index (χ1n) is 45.0. The lowest BCUT2D eigenvalue weighted by Crippen LogP contribution is -2.34. The number of aliphatic hydroxyl groups excluding tert-OH is 18. The molecule has 0 aromatic heterocycles. The van der Waals surface area contributed by atoms with Crippen molar-refractivity contribution in [1.82, 2.24) is 10.6 Å². The fraction of sp³-hybridized carbons (Fsp3) is 0.756. The van der Waals surface area contributed by atoms with Crippen LogP contribution in [0.25, 0.3) is 0 Å². The zero-order valence-electron chi connectivity index (χ0n) is 92.0. The monoisotopic (exact) mass is 2200 g/mol. The number of aliphatic carboxylic acids is 2. The first-order valence-corrected chi connectivity index (χ1v) is 43.4. The summed E-state index contributed by atoms with van der Waals surface area (Å²) in [6.45, 7) is 28.9. The number of rotatable bonds is 27. The number of methoxy groups -OCH3 is 4. The molecule has 16 atom stereocenters. The number of aliphatic hydroxyl groups is 18. The highest BCUT2D eigenvalue weighted by Gasteiger charge is 2.43. The summed E-state index contributed by atoms with van der Waals surface area (Å²) >= 11 is 5.17. The normalized spacial score (nSPS) is 22.1. The summed E-state index contributed by atoms with van der Waals surface area (Å²) < 4.78 is 133. The van der Waals surface area contributed by atoms with Crippen LogP contribution in [-0.4, -0.2) is 506 Å². The SMILES string of the molecule is C#C.C#C.C#C.C#C.CC(=O)OCC(O)CO.CC(=O)OCC1COC(C)(C)O1.CC1(C)OCC(C(=O)Cl)O1.CC1(C)OCC(C(=O)O)O1.CC1(C)OCC(C(=O)O)O1.CC1(C)OCC(CO)O1.CNC(=O)C(O)CO.CNC(=O)C1COC(C)(C)O1.COC(=O)C(O)CO.COC(=O)C(O)CO.COC(=O)C1COC(C)(C)O1.COC(=O)C1COC(C)(C)O1.[2H]C(=O)C(O)CO.[2H]C(=O)C(O)CO.[2H]C(=O)C(O)CO.[2H]OCC(O)CO. The van der Waals surface area contributed by atoms with Crippen molar-refractivity contribution in [2.24, 2.45) is 0 Å². The third-order valence-corrected chi connectivity index (χ3v) is 15.4. The molecule has 16 unspecified atom stereocenters. The first kappa shape index (κ1) is 155. The van der Waals surface area contributed by atoms with Crippen LogP contribution in [0, 0.1) is 51.4 Å². The van der Waals surface area contributed by atoms with Gasteiger partial charge in [-0.15, -0.1) is 51.4 Å². The number of aldehydes is 3. The van der Waals surface area contributed by atoms with Gasteiger partial charge in [-0.3, -0.25) is 24.0 Å². The Labute approximate surface area is 876 Å². The molecular formula is C90H161ClN2O56. The molecule has 8 fully saturated rings. The van der Waals surface area contributed by atoms with E-state index in [0.717, 1.165) is 14.2 Å². The van der Waals surface area contributed by atoms with Gasteiger partial charge in [0.1, 0.15) is 60.1 Å². The van der Waals surface area contributed by atoms with Gasteiger partial charge in [0.2, 0.25) is 1.43 Å². The minimum atomic E-state index is -1.51. The largest absolute Gasteiger partial charge is 0.479 e. The molecule has 874 valence electrons. The predicted octanol–water partition coefficient (Wildman–Crippen LogP) is -8.36. The maximum atomic E-state index is 11.0. The number of hydrogen-bond donors (Lipinski definition) is 22. The molecule has 0 aromatic rings. The molecular weight excluding hydrogens is 2040 g/mol. The van der Waals surface area contributed by atoms with E-state index in [0.29, 0.717) is 19.8 Å². The molecule has 8 saturated heterocycles. The quantitative estimate of drug-likeness (QED) is 0.0119. The van der Waals surface area contributed by atoms with Gasteiger partial charge in [0.15, 0.2) is 120 Å².